The minimum absolute atomic E-state index is 0.0179. The number of pyridine rings is 1. The molecule has 3 rings (SSSR count). The number of aryl methyl sites for hydroxylation is 1. The Morgan fingerprint density at radius 2 is 2.10 bits per heavy atom. The number of rotatable bonds is 3. The highest BCUT2D eigenvalue weighted by atomic mass is 16.5. The highest BCUT2D eigenvalue weighted by molar-refractivity contribution is 5.97. The molecule has 0 fully saturated rings. The van der Waals surface area contributed by atoms with E-state index in [-0.39, 0.29) is 5.78 Å². The molecular weight excluding hydrogens is 252 g/mol. The molecular formula is C16H14N2O2. The van der Waals surface area contributed by atoms with Crippen molar-refractivity contribution in [2.24, 2.45) is 0 Å². The second-order valence-corrected chi connectivity index (χ2v) is 4.74. The lowest BCUT2D eigenvalue weighted by atomic mass is 10.1. The molecule has 4 heteroatoms. The number of hydrogen-bond donors (Lipinski definition) is 1. The molecule has 0 atom stereocenters. The lowest BCUT2D eigenvalue weighted by molar-refractivity contribution is 0.101. The number of hydrogen-bond acceptors (Lipinski definition) is 3. The molecule has 1 aromatic carbocycles. The van der Waals surface area contributed by atoms with Crippen LogP contribution in [0.3, 0.4) is 0 Å². The summed E-state index contributed by atoms with van der Waals surface area (Å²) in [6, 6.07) is 9.37. The third-order valence-electron chi connectivity index (χ3n) is 3.12. The Kier molecular flexibility index (Phi) is 2.99. The van der Waals surface area contributed by atoms with E-state index in [9.17, 15) is 4.79 Å². The summed E-state index contributed by atoms with van der Waals surface area (Å²) in [5, 5.41) is 0.972. The molecule has 0 aliphatic heterocycles. The van der Waals surface area contributed by atoms with Gasteiger partial charge in [0.2, 0.25) is 0 Å². The fourth-order valence-corrected chi connectivity index (χ4v) is 2.11. The lowest BCUT2D eigenvalue weighted by Crippen LogP contribution is -1.97. The lowest BCUT2D eigenvalue weighted by Gasteiger charge is -2.10. The Balaban J connectivity index is 2.01. The van der Waals surface area contributed by atoms with Crippen molar-refractivity contribution in [2.75, 3.05) is 0 Å². The van der Waals surface area contributed by atoms with E-state index < -0.39 is 0 Å². The van der Waals surface area contributed by atoms with Crippen molar-refractivity contribution in [3.63, 3.8) is 0 Å². The Bertz CT molecular complexity index is 790. The van der Waals surface area contributed by atoms with Crippen molar-refractivity contribution in [3.05, 3.63) is 53.9 Å². The average Bonchev–Trinajstić information content (AvgIpc) is 2.85. The van der Waals surface area contributed by atoms with Gasteiger partial charge in [0.25, 0.3) is 0 Å². The van der Waals surface area contributed by atoms with Crippen LogP contribution >= 0.6 is 0 Å². The van der Waals surface area contributed by atoms with Gasteiger partial charge in [0, 0.05) is 11.6 Å². The third kappa shape index (κ3) is 2.28. The van der Waals surface area contributed by atoms with Crippen LogP contribution in [0, 0.1) is 6.92 Å². The molecule has 0 saturated carbocycles. The number of H-pyrrole nitrogens is 1. The molecule has 1 N–H and O–H groups in total. The van der Waals surface area contributed by atoms with E-state index in [4.69, 9.17) is 4.74 Å². The normalized spacial score (nSPS) is 10.7. The van der Waals surface area contributed by atoms with Gasteiger partial charge in [-0.05, 0) is 43.7 Å². The summed E-state index contributed by atoms with van der Waals surface area (Å²) >= 11 is 0. The van der Waals surface area contributed by atoms with Crippen LogP contribution in [0.2, 0.25) is 0 Å². The van der Waals surface area contributed by atoms with E-state index in [1.54, 1.807) is 12.3 Å². The van der Waals surface area contributed by atoms with Crippen molar-refractivity contribution in [1.82, 2.24) is 9.97 Å². The van der Waals surface area contributed by atoms with Gasteiger partial charge in [-0.3, -0.25) is 4.79 Å². The topological polar surface area (TPSA) is 55.0 Å². The van der Waals surface area contributed by atoms with E-state index in [1.165, 1.54) is 6.92 Å². The first-order valence-corrected chi connectivity index (χ1v) is 6.36. The second-order valence-electron chi connectivity index (χ2n) is 4.74. The Labute approximate surface area is 116 Å². The number of Topliss-reactive ketones (excluding diaryl/α,β-unsaturated/α-hetero) is 1. The molecule has 4 nitrogen and oxygen atoms in total. The number of fused-ring (bicyclic) bond motifs is 1. The van der Waals surface area contributed by atoms with Crippen LogP contribution in [0.4, 0.5) is 0 Å². The van der Waals surface area contributed by atoms with E-state index in [2.05, 4.69) is 9.97 Å². The van der Waals surface area contributed by atoms with Gasteiger partial charge in [-0.1, -0.05) is 6.07 Å². The van der Waals surface area contributed by atoms with Crippen LogP contribution in [-0.4, -0.2) is 15.8 Å². The van der Waals surface area contributed by atoms with Crippen LogP contribution in [0.1, 0.15) is 22.8 Å². The maximum Gasteiger partial charge on any atom is 0.163 e. The predicted molar refractivity (Wildman–Crippen MR) is 77.4 cm³/mol. The Morgan fingerprint density at radius 3 is 2.90 bits per heavy atom. The molecule has 20 heavy (non-hydrogen) atoms. The van der Waals surface area contributed by atoms with E-state index in [0.717, 1.165) is 16.6 Å². The van der Waals surface area contributed by atoms with Crippen LogP contribution in [0.5, 0.6) is 11.5 Å². The van der Waals surface area contributed by atoms with Gasteiger partial charge in [-0.25, -0.2) is 4.98 Å². The molecule has 0 unspecified atom stereocenters. The molecule has 0 saturated heterocycles. The maximum atomic E-state index is 11.6. The zero-order valence-corrected chi connectivity index (χ0v) is 11.3. The number of ketones is 1. The molecule has 100 valence electrons. The molecule has 0 aliphatic carbocycles. The summed E-state index contributed by atoms with van der Waals surface area (Å²) in [6.07, 6.45) is 3.47. The first kappa shape index (κ1) is 12.4. The van der Waals surface area contributed by atoms with Gasteiger partial charge < -0.3 is 9.72 Å². The van der Waals surface area contributed by atoms with Gasteiger partial charge in [-0.2, -0.15) is 0 Å². The number of benzene rings is 1. The fraction of sp³-hybridized carbons (Fsp3) is 0.125. The summed E-state index contributed by atoms with van der Waals surface area (Å²) in [5.41, 5.74) is 2.43. The number of nitrogens with zero attached hydrogens (tertiary/aromatic N) is 1. The van der Waals surface area contributed by atoms with Gasteiger partial charge in [0.05, 0.1) is 11.8 Å². The monoisotopic (exact) mass is 266 g/mol. The number of ether oxygens (including phenoxy) is 1. The first-order chi connectivity index (χ1) is 9.63. The quantitative estimate of drug-likeness (QED) is 0.732. The smallest absolute Gasteiger partial charge is 0.163 e. The number of carbonyl (C=O) groups is 1. The van der Waals surface area contributed by atoms with E-state index in [1.807, 2.05) is 37.4 Å². The highest BCUT2D eigenvalue weighted by Crippen LogP contribution is 2.28. The number of nitrogens with one attached hydrogen (secondary N) is 1. The maximum absolute atomic E-state index is 11.6. The van der Waals surface area contributed by atoms with E-state index >= 15 is 0 Å². The van der Waals surface area contributed by atoms with Crippen LogP contribution < -0.4 is 4.74 Å². The molecule has 2 heterocycles. The first-order valence-electron chi connectivity index (χ1n) is 6.36. The summed E-state index contributed by atoms with van der Waals surface area (Å²) in [6.45, 7) is 3.50. The van der Waals surface area contributed by atoms with Gasteiger partial charge in [0.15, 0.2) is 5.78 Å². The van der Waals surface area contributed by atoms with E-state index in [0.29, 0.717) is 17.1 Å². The SMILES string of the molecule is CC(=O)c1ccc(C)cc1Oc1cnc2[nH]ccc2c1. The molecule has 0 spiro atoms. The van der Waals surface area contributed by atoms with Gasteiger partial charge >= 0.3 is 0 Å². The average molecular weight is 266 g/mol. The molecule has 0 amide bonds. The summed E-state index contributed by atoms with van der Waals surface area (Å²) in [4.78, 5) is 18.9. The van der Waals surface area contributed by atoms with Crippen molar-refractivity contribution in [3.8, 4) is 11.5 Å². The largest absolute Gasteiger partial charge is 0.455 e. The van der Waals surface area contributed by atoms with Crippen molar-refractivity contribution >= 4 is 16.8 Å². The molecule has 3 aromatic rings. The van der Waals surface area contributed by atoms with Crippen molar-refractivity contribution in [2.45, 2.75) is 13.8 Å². The standard InChI is InChI=1S/C16H14N2O2/c1-10-3-4-14(11(2)19)15(7-10)20-13-8-12-5-6-17-16(12)18-9-13/h3-9H,1-2H3,(H,17,18). The van der Waals surface area contributed by atoms with Crippen LogP contribution in [0.25, 0.3) is 11.0 Å². The number of aromatic nitrogens is 2. The van der Waals surface area contributed by atoms with Gasteiger partial charge in [-0.15, -0.1) is 0 Å². The second kappa shape index (κ2) is 4.81. The highest BCUT2D eigenvalue weighted by Gasteiger charge is 2.10. The molecule has 2 aromatic heterocycles. The van der Waals surface area contributed by atoms with Crippen LogP contribution in [0.15, 0.2) is 42.7 Å². The fourth-order valence-electron chi connectivity index (χ4n) is 2.11. The molecule has 0 bridgehead atoms. The Hall–Kier alpha value is -2.62. The van der Waals surface area contributed by atoms with Crippen molar-refractivity contribution < 1.29 is 9.53 Å². The van der Waals surface area contributed by atoms with Gasteiger partial charge in [0.1, 0.15) is 17.1 Å². The number of aromatic amines is 1. The van der Waals surface area contributed by atoms with Crippen molar-refractivity contribution in [1.29, 1.82) is 0 Å². The Morgan fingerprint density at radius 1 is 1.25 bits per heavy atom. The zero-order valence-electron chi connectivity index (χ0n) is 11.3. The number of carbonyl (C=O) groups excluding carboxylic acids is 1. The minimum atomic E-state index is -0.0179. The summed E-state index contributed by atoms with van der Waals surface area (Å²) in [7, 11) is 0. The molecule has 0 aliphatic rings. The molecule has 0 radical (unpaired) electrons. The third-order valence-corrected chi connectivity index (χ3v) is 3.12. The predicted octanol–water partition coefficient (Wildman–Crippen LogP) is 3.87. The summed E-state index contributed by atoms with van der Waals surface area (Å²) in [5.74, 6) is 1.16. The zero-order chi connectivity index (χ0) is 14.1. The minimum Gasteiger partial charge on any atom is -0.455 e. The summed E-state index contributed by atoms with van der Waals surface area (Å²) < 4.78 is 5.83. The van der Waals surface area contributed by atoms with Crippen LogP contribution in [-0.2, 0) is 0 Å².